The van der Waals surface area contributed by atoms with Crippen LogP contribution in [-0.2, 0) is 13.0 Å². The van der Waals surface area contributed by atoms with Crippen LogP contribution in [-0.4, -0.2) is 59.6 Å². The predicted molar refractivity (Wildman–Crippen MR) is 74.5 cm³/mol. The zero-order valence-electron chi connectivity index (χ0n) is 12.2. The van der Waals surface area contributed by atoms with Crippen molar-refractivity contribution in [3.63, 3.8) is 0 Å². The molecule has 0 bridgehead atoms. The molecule has 0 atom stereocenters. The van der Waals surface area contributed by atoms with Gasteiger partial charge in [0.25, 0.3) is 0 Å². The van der Waals surface area contributed by atoms with Gasteiger partial charge in [0.05, 0.1) is 0 Å². The predicted octanol–water partition coefficient (Wildman–Crippen LogP) is 2.82. The van der Waals surface area contributed by atoms with Crippen molar-refractivity contribution < 1.29 is 13.0 Å². The van der Waals surface area contributed by atoms with E-state index in [1.54, 1.807) is 0 Å². The SMILES string of the molecule is CC[O][Ge]([CH3])([CH3])[CH2][Sn]([O]CC)([O]CC)[O]CC. The Morgan fingerprint density at radius 1 is 0.765 bits per heavy atom. The molecule has 0 aliphatic rings. The summed E-state index contributed by atoms with van der Waals surface area (Å²) in [5, 5.41) is 0. The second kappa shape index (κ2) is 9.14. The van der Waals surface area contributed by atoms with Gasteiger partial charge in [-0.25, -0.2) is 0 Å². The molecule has 0 spiro atoms. The van der Waals surface area contributed by atoms with Crippen molar-refractivity contribution in [3.8, 4) is 0 Å². The summed E-state index contributed by atoms with van der Waals surface area (Å²) in [7, 11) is 0. The Hall–Kier alpha value is 1.18. The Morgan fingerprint density at radius 3 is 1.47 bits per heavy atom. The Kier molecular flexibility index (Phi) is 9.78. The molecule has 0 heterocycles. The van der Waals surface area contributed by atoms with Crippen LogP contribution in [0.3, 0.4) is 0 Å². The fourth-order valence-electron chi connectivity index (χ4n) is 1.90. The van der Waals surface area contributed by atoms with E-state index in [4.69, 9.17) is 13.0 Å². The molecule has 104 valence electrons. The van der Waals surface area contributed by atoms with E-state index in [9.17, 15) is 0 Å². The Bertz CT molecular complexity index is 185. The average Bonchev–Trinajstić information content (AvgIpc) is 2.17. The fraction of sp³-hybridized carbons (Fsp3) is 1.00. The standard InChI is InChI=1S/C5H13GeO.3C2H5O.Sn/c1-5-7-6(2,3)4;3*1-2-3;/h2,5H2,1,3-4H3;3*2H2,1H3;/q;3*-1;+3. The molecule has 0 radical (unpaired) electrons. The molecule has 0 saturated carbocycles. The summed E-state index contributed by atoms with van der Waals surface area (Å²) in [6, 6.07) is 0. The van der Waals surface area contributed by atoms with Gasteiger partial charge in [-0.2, -0.15) is 0 Å². The Morgan fingerprint density at radius 2 is 1.18 bits per heavy atom. The third-order valence-corrected chi connectivity index (χ3v) is 32.5. The van der Waals surface area contributed by atoms with Crippen molar-refractivity contribution >= 4 is 33.2 Å². The minimum atomic E-state index is -3.33. The molecule has 6 heteroatoms. The maximum atomic E-state index is 5.93. The number of hydrogen-bond donors (Lipinski definition) is 0. The van der Waals surface area contributed by atoms with Gasteiger partial charge < -0.3 is 0 Å². The van der Waals surface area contributed by atoms with Gasteiger partial charge in [0.1, 0.15) is 0 Å². The first-order chi connectivity index (χ1) is 7.95. The molecule has 0 aromatic heterocycles. The normalized spacial score (nSPS) is 13.1. The summed E-state index contributed by atoms with van der Waals surface area (Å²) >= 11 is -5.58. The quantitative estimate of drug-likeness (QED) is 0.514. The van der Waals surface area contributed by atoms with Crippen molar-refractivity contribution in [1.29, 1.82) is 0 Å². The van der Waals surface area contributed by atoms with Crippen LogP contribution in [0, 0.1) is 0 Å². The first-order valence-electron chi connectivity index (χ1n) is 6.51. The van der Waals surface area contributed by atoms with Crippen molar-refractivity contribution in [3.05, 3.63) is 0 Å². The van der Waals surface area contributed by atoms with E-state index in [-0.39, 0.29) is 0 Å². The molecule has 0 amide bonds. The molecule has 0 aliphatic heterocycles. The van der Waals surface area contributed by atoms with E-state index < -0.39 is 33.2 Å². The summed E-state index contributed by atoms with van der Waals surface area (Å²) in [6.07, 6.45) is 0. The van der Waals surface area contributed by atoms with E-state index in [0.29, 0.717) is 19.8 Å². The van der Waals surface area contributed by atoms with E-state index in [1.165, 1.54) is 0 Å². The monoisotopic (exact) mass is 418 g/mol. The Balaban J connectivity index is 4.74. The fourth-order valence-corrected chi connectivity index (χ4v) is 32.6. The van der Waals surface area contributed by atoms with Crippen LogP contribution in [0.4, 0.5) is 0 Å². The summed E-state index contributed by atoms with van der Waals surface area (Å²) in [5.74, 6) is 4.51. The van der Waals surface area contributed by atoms with Gasteiger partial charge in [-0.3, -0.25) is 0 Å². The molecular formula is C11H28GeO4Sn. The Labute approximate surface area is 115 Å². The summed E-state index contributed by atoms with van der Waals surface area (Å²) in [5.41, 5.74) is 0. The van der Waals surface area contributed by atoms with Crippen LogP contribution >= 0.6 is 0 Å². The molecule has 17 heavy (non-hydrogen) atoms. The molecule has 0 N–H and O–H groups in total. The van der Waals surface area contributed by atoms with Gasteiger partial charge in [0, 0.05) is 0 Å². The van der Waals surface area contributed by atoms with Gasteiger partial charge in [0.2, 0.25) is 0 Å². The molecule has 0 rings (SSSR count). The van der Waals surface area contributed by atoms with E-state index in [1.807, 2.05) is 27.7 Å². The zero-order valence-corrected chi connectivity index (χ0v) is 17.1. The minimum absolute atomic E-state index is 0.667. The molecule has 0 unspecified atom stereocenters. The van der Waals surface area contributed by atoms with Gasteiger partial charge in [0.15, 0.2) is 0 Å². The van der Waals surface area contributed by atoms with Crippen molar-refractivity contribution in [2.24, 2.45) is 0 Å². The van der Waals surface area contributed by atoms with Crippen LogP contribution in [0.15, 0.2) is 0 Å². The van der Waals surface area contributed by atoms with Crippen LogP contribution < -0.4 is 0 Å². The molecular weight excluding hydrogens is 387 g/mol. The molecule has 4 nitrogen and oxygen atoms in total. The van der Waals surface area contributed by atoms with Gasteiger partial charge in [-0.05, 0) is 0 Å². The molecule has 0 aromatic carbocycles. The van der Waals surface area contributed by atoms with Crippen LogP contribution in [0.5, 0.6) is 0 Å². The molecule has 0 fully saturated rings. The van der Waals surface area contributed by atoms with Crippen LogP contribution in [0.2, 0.25) is 14.8 Å². The van der Waals surface area contributed by atoms with Crippen LogP contribution in [0.25, 0.3) is 0 Å². The second-order valence-corrected chi connectivity index (χ2v) is 24.7. The zero-order chi connectivity index (χ0) is 13.4. The van der Waals surface area contributed by atoms with Crippen LogP contribution in [0.1, 0.15) is 27.7 Å². The molecule has 0 saturated heterocycles. The van der Waals surface area contributed by atoms with Gasteiger partial charge >= 0.3 is 115 Å². The first kappa shape index (κ1) is 18.2. The molecule has 0 aliphatic carbocycles. The van der Waals surface area contributed by atoms with Crippen molar-refractivity contribution in [2.75, 3.05) is 26.4 Å². The van der Waals surface area contributed by atoms with Crippen molar-refractivity contribution in [1.82, 2.24) is 0 Å². The first-order valence-corrected chi connectivity index (χ1v) is 18.6. The third kappa shape index (κ3) is 7.37. The summed E-state index contributed by atoms with van der Waals surface area (Å²) in [6.45, 7) is 10.8. The average molecular weight is 416 g/mol. The second-order valence-electron chi connectivity index (χ2n) is 4.35. The van der Waals surface area contributed by atoms with E-state index in [0.717, 1.165) is 9.88 Å². The van der Waals surface area contributed by atoms with E-state index >= 15 is 0 Å². The number of rotatable bonds is 10. The molecule has 0 aromatic rings. The summed E-state index contributed by atoms with van der Waals surface area (Å²) in [4.78, 5) is 0. The van der Waals surface area contributed by atoms with E-state index in [2.05, 4.69) is 11.5 Å². The van der Waals surface area contributed by atoms with Crippen molar-refractivity contribution in [2.45, 2.75) is 42.5 Å². The third-order valence-electron chi connectivity index (χ3n) is 2.27. The van der Waals surface area contributed by atoms with Gasteiger partial charge in [-0.15, -0.1) is 0 Å². The maximum absolute atomic E-state index is 5.93. The summed E-state index contributed by atoms with van der Waals surface area (Å²) < 4.78 is 24.6. The topological polar surface area (TPSA) is 36.9 Å². The van der Waals surface area contributed by atoms with Gasteiger partial charge in [-0.1, -0.05) is 0 Å². The number of hydrogen-bond acceptors (Lipinski definition) is 4.